The number of benzene rings is 3. The maximum atomic E-state index is 13.2. The number of hydrogen-bond donors (Lipinski definition) is 4. The summed E-state index contributed by atoms with van der Waals surface area (Å²) in [7, 11) is 0. The van der Waals surface area contributed by atoms with E-state index in [0.29, 0.717) is 44.7 Å². The molecule has 1 saturated heterocycles. The highest BCUT2D eigenvalue weighted by Crippen LogP contribution is 2.44. The number of phenols is 1. The zero-order valence-electron chi connectivity index (χ0n) is 22.9. The number of hydrogen-bond acceptors (Lipinski definition) is 8. The summed E-state index contributed by atoms with van der Waals surface area (Å²) in [6.07, 6.45) is 2.22. The molecule has 2 aromatic heterocycles. The van der Waals surface area contributed by atoms with E-state index in [1.54, 1.807) is 42.9 Å². The quantitative estimate of drug-likeness (QED) is 0.196. The number of fused-ring (bicyclic) bond motifs is 1. The lowest BCUT2D eigenvalue weighted by Gasteiger charge is -2.17. The SMILES string of the molecule is Cc1ccc(NC(=O)c2cccc(C(F)(F)F)c2)cc1-c1cc2cnc(N)nc2c(-c2cnc(C3CCCN3)nc2)c1O. The number of alkyl halides is 3. The molecule has 1 amide bonds. The van der Waals surface area contributed by atoms with Gasteiger partial charge < -0.3 is 21.5 Å². The molecule has 3 heterocycles. The van der Waals surface area contributed by atoms with Crippen LogP contribution in [0.3, 0.4) is 0 Å². The highest BCUT2D eigenvalue weighted by molar-refractivity contribution is 6.05. The average Bonchev–Trinajstić information content (AvgIpc) is 3.53. The molecule has 5 N–H and O–H groups in total. The summed E-state index contributed by atoms with van der Waals surface area (Å²) in [5.41, 5.74) is 8.24. The number of nitrogen functional groups attached to an aromatic ring is 1. The van der Waals surface area contributed by atoms with E-state index in [1.807, 2.05) is 6.92 Å². The number of phenolic OH excluding ortho intramolecular Hbond substituents is 1. The molecule has 0 saturated carbocycles. The molecule has 5 aromatic rings. The number of nitrogens with one attached hydrogen (secondary N) is 2. The molecule has 43 heavy (non-hydrogen) atoms. The fourth-order valence-electron chi connectivity index (χ4n) is 5.24. The van der Waals surface area contributed by atoms with Crippen molar-refractivity contribution in [2.75, 3.05) is 17.6 Å². The topological polar surface area (TPSA) is 139 Å². The predicted octanol–water partition coefficient (Wildman–Crippen LogP) is 6.05. The molecule has 1 aliphatic rings. The minimum absolute atomic E-state index is 0.0316. The van der Waals surface area contributed by atoms with Crippen molar-refractivity contribution in [2.24, 2.45) is 0 Å². The van der Waals surface area contributed by atoms with Crippen molar-refractivity contribution in [1.82, 2.24) is 25.3 Å². The normalized spacial score (nSPS) is 15.1. The van der Waals surface area contributed by atoms with E-state index in [4.69, 9.17) is 5.73 Å². The van der Waals surface area contributed by atoms with Gasteiger partial charge in [0.25, 0.3) is 5.91 Å². The Bertz CT molecular complexity index is 1850. The Morgan fingerprint density at radius 3 is 2.56 bits per heavy atom. The summed E-state index contributed by atoms with van der Waals surface area (Å²) in [4.78, 5) is 30.5. The van der Waals surface area contributed by atoms with Crippen LogP contribution in [0.5, 0.6) is 5.75 Å². The van der Waals surface area contributed by atoms with Gasteiger partial charge in [-0.05, 0) is 73.8 Å². The third kappa shape index (κ3) is 5.56. The molecule has 0 bridgehead atoms. The summed E-state index contributed by atoms with van der Waals surface area (Å²) in [6, 6.07) is 11.0. The van der Waals surface area contributed by atoms with Crippen LogP contribution in [0.25, 0.3) is 33.2 Å². The van der Waals surface area contributed by atoms with Gasteiger partial charge in [-0.2, -0.15) is 13.2 Å². The zero-order chi connectivity index (χ0) is 30.3. The van der Waals surface area contributed by atoms with Crippen LogP contribution in [-0.2, 0) is 6.18 Å². The number of aromatic hydroxyl groups is 1. The summed E-state index contributed by atoms with van der Waals surface area (Å²) >= 11 is 0. The number of carbonyl (C=O) groups is 1. The Morgan fingerprint density at radius 1 is 1.05 bits per heavy atom. The zero-order valence-corrected chi connectivity index (χ0v) is 22.9. The summed E-state index contributed by atoms with van der Waals surface area (Å²) in [5, 5.41) is 18.3. The first-order valence-corrected chi connectivity index (χ1v) is 13.5. The van der Waals surface area contributed by atoms with Crippen molar-refractivity contribution in [2.45, 2.75) is 32.0 Å². The van der Waals surface area contributed by atoms with Gasteiger partial charge in [-0.1, -0.05) is 12.1 Å². The Hall–Kier alpha value is -5.10. The summed E-state index contributed by atoms with van der Waals surface area (Å²) in [6.45, 7) is 2.74. The number of nitrogens with two attached hydrogens (primary N) is 1. The predicted molar refractivity (Wildman–Crippen MR) is 156 cm³/mol. The second-order valence-electron chi connectivity index (χ2n) is 10.4. The summed E-state index contributed by atoms with van der Waals surface area (Å²) < 4.78 is 39.5. The minimum atomic E-state index is -4.58. The van der Waals surface area contributed by atoms with Gasteiger partial charge in [0.05, 0.1) is 22.7 Å². The number of aryl methyl sites for hydroxylation is 1. The average molecular weight is 586 g/mol. The molecular weight excluding hydrogens is 559 g/mol. The maximum Gasteiger partial charge on any atom is 0.416 e. The molecule has 12 heteroatoms. The first-order valence-electron chi connectivity index (χ1n) is 13.5. The molecule has 3 aromatic carbocycles. The first-order chi connectivity index (χ1) is 20.6. The van der Waals surface area contributed by atoms with Gasteiger partial charge in [0, 0.05) is 46.4 Å². The maximum absolute atomic E-state index is 13.2. The monoisotopic (exact) mass is 585 g/mol. The standard InChI is InChI=1S/C31H26F3N7O2/c1-16-7-8-21(40-29(43)17-4-2-5-20(10-17)31(32,33)34)12-22(16)23-11-18-13-39-30(35)41-26(18)25(27(23)42)19-14-37-28(38-15-19)24-6-3-9-36-24/h2,4-5,7-8,10-15,24,36,42H,3,6,9H2,1H3,(H,40,43)(H2,35,39,41). The number of carbonyl (C=O) groups excluding carboxylic acids is 1. The molecule has 218 valence electrons. The number of halogens is 3. The highest BCUT2D eigenvalue weighted by atomic mass is 19.4. The van der Waals surface area contributed by atoms with E-state index in [1.165, 1.54) is 12.1 Å². The second kappa shape index (κ2) is 11.0. The first kappa shape index (κ1) is 28.0. The van der Waals surface area contributed by atoms with Crippen molar-refractivity contribution in [3.05, 3.63) is 89.6 Å². The van der Waals surface area contributed by atoms with E-state index in [-0.39, 0.29) is 23.3 Å². The summed E-state index contributed by atoms with van der Waals surface area (Å²) in [5.74, 6) is -0.118. The number of amides is 1. The fraction of sp³-hybridized carbons (Fsp3) is 0.194. The Morgan fingerprint density at radius 2 is 1.84 bits per heavy atom. The third-order valence-electron chi connectivity index (χ3n) is 7.43. The van der Waals surface area contributed by atoms with Gasteiger partial charge >= 0.3 is 6.18 Å². The minimum Gasteiger partial charge on any atom is -0.507 e. The van der Waals surface area contributed by atoms with E-state index in [9.17, 15) is 23.1 Å². The van der Waals surface area contributed by atoms with Crippen LogP contribution in [0.1, 0.15) is 46.2 Å². The van der Waals surface area contributed by atoms with Gasteiger partial charge in [-0.25, -0.2) is 19.9 Å². The molecule has 1 aliphatic heterocycles. The van der Waals surface area contributed by atoms with Crippen LogP contribution in [-0.4, -0.2) is 37.5 Å². The van der Waals surface area contributed by atoms with Crippen LogP contribution in [0.2, 0.25) is 0 Å². The second-order valence-corrected chi connectivity index (χ2v) is 10.4. The van der Waals surface area contributed by atoms with Crippen LogP contribution >= 0.6 is 0 Å². The largest absolute Gasteiger partial charge is 0.507 e. The number of nitrogens with zero attached hydrogens (tertiary/aromatic N) is 4. The molecular formula is C31H26F3N7O2. The molecule has 0 spiro atoms. The van der Waals surface area contributed by atoms with Crippen LogP contribution in [0, 0.1) is 6.92 Å². The van der Waals surface area contributed by atoms with E-state index >= 15 is 0 Å². The van der Waals surface area contributed by atoms with Crippen molar-refractivity contribution in [3.63, 3.8) is 0 Å². The number of aromatic nitrogens is 4. The molecule has 1 fully saturated rings. The van der Waals surface area contributed by atoms with Crippen LogP contribution in [0.15, 0.2) is 67.1 Å². The Balaban J connectivity index is 1.41. The van der Waals surface area contributed by atoms with E-state index in [0.717, 1.165) is 37.1 Å². The van der Waals surface area contributed by atoms with Crippen molar-refractivity contribution < 1.29 is 23.1 Å². The molecule has 9 nitrogen and oxygen atoms in total. The third-order valence-corrected chi connectivity index (χ3v) is 7.43. The van der Waals surface area contributed by atoms with Gasteiger partial charge in [0.1, 0.15) is 11.6 Å². The van der Waals surface area contributed by atoms with E-state index < -0.39 is 17.6 Å². The lowest BCUT2D eigenvalue weighted by atomic mass is 9.93. The smallest absolute Gasteiger partial charge is 0.416 e. The van der Waals surface area contributed by atoms with Gasteiger partial charge in [-0.3, -0.25) is 4.79 Å². The molecule has 1 atom stereocenters. The number of anilines is 2. The molecule has 1 unspecified atom stereocenters. The van der Waals surface area contributed by atoms with E-state index in [2.05, 4.69) is 30.6 Å². The molecule has 0 aliphatic carbocycles. The lowest BCUT2D eigenvalue weighted by Crippen LogP contribution is -2.15. The van der Waals surface area contributed by atoms with Crippen LogP contribution < -0.4 is 16.4 Å². The fourth-order valence-corrected chi connectivity index (χ4v) is 5.24. The molecule has 0 radical (unpaired) electrons. The molecule has 6 rings (SSSR count). The van der Waals surface area contributed by atoms with Crippen molar-refractivity contribution in [3.8, 4) is 28.0 Å². The van der Waals surface area contributed by atoms with Crippen molar-refractivity contribution >= 4 is 28.4 Å². The van der Waals surface area contributed by atoms with Gasteiger partial charge in [0.15, 0.2) is 0 Å². The highest BCUT2D eigenvalue weighted by Gasteiger charge is 2.31. The number of rotatable bonds is 5. The van der Waals surface area contributed by atoms with Crippen molar-refractivity contribution in [1.29, 1.82) is 0 Å². The Kier molecular flexibility index (Phi) is 7.14. The van der Waals surface area contributed by atoms with Gasteiger partial charge in [0.2, 0.25) is 5.95 Å². The Labute approximate surface area is 244 Å². The van der Waals surface area contributed by atoms with Crippen LogP contribution in [0.4, 0.5) is 24.8 Å². The lowest BCUT2D eigenvalue weighted by molar-refractivity contribution is -0.137. The van der Waals surface area contributed by atoms with Gasteiger partial charge in [-0.15, -0.1) is 0 Å².